The second-order valence-corrected chi connectivity index (χ2v) is 2.76. The van der Waals surface area contributed by atoms with Crippen molar-refractivity contribution in [2.24, 2.45) is 0 Å². The second kappa shape index (κ2) is 3.72. The largest absolute Gasteiger partial charge is 0.359 e. The third-order valence-electron chi connectivity index (χ3n) is 1.96. The zero-order valence-electron chi connectivity index (χ0n) is 7.17. The zero-order valence-corrected chi connectivity index (χ0v) is 7.17. The van der Waals surface area contributed by atoms with Crippen LogP contribution in [-0.2, 0) is 9.53 Å². The van der Waals surface area contributed by atoms with Crippen molar-refractivity contribution in [2.75, 3.05) is 13.2 Å². The van der Waals surface area contributed by atoms with Gasteiger partial charge in [0.05, 0.1) is 0 Å². The number of ether oxygens (including phenoxy) is 1. The molecular formula is C8H15NO2. The molecule has 1 saturated heterocycles. The van der Waals surface area contributed by atoms with Crippen LogP contribution in [0.5, 0.6) is 0 Å². The number of rotatable bonds is 2. The van der Waals surface area contributed by atoms with Gasteiger partial charge in [-0.1, -0.05) is 0 Å². The fourth-order valence-electron chi connectivity index (χ4n) is 1.46. The van der Waals surface area contributed by atoms with Gasteiger partial charge in [0.1, 0.15) is 6.23 Å². The summed E-state index contributed by atoms with van der Waals surface area (Å²) >= 11 is 0. The van der Waals surface area contributed by atoms with Crippen molar-refractivity contribution in [3.05, 3.63) is 0 Å². The van der Waals surface area contributed by atoms with E-state index in [1.165, 1.54) is 0 Å². The maximum Gasteiger partial charge on any atom is 0.221 e. The van der Waals surface area contributed by atoms with Crippen molar-refractivity contribution < 1.29 is 9.53 Å². The molecule has 3 heteroatoms. The van der Waals surface area contributed by atoms with Crippen LogP contribution in [0.4, 0.5) is 0 Å². The van der Waals surface area contributed by atoms with Crippen molar-refractivity contribution >= 4 is 5.91 Å². The van der Waals surface area contributed by atoms with E-state index in [1.807, 2.05) is 6.92 Å². The molecule has 0 radical (unpaired) electrons. The molecule has 64 valence electrons. The fraction of sp³-hybridized carbons (Fsp3) is 0.875. The van der Waals surface area contributed by atoms with Crippen molar-refractivity contribution in [1.82, 2.24) is 4.90 Å². The van der Waals surface area contributed by atoms with Crippen LogP contribution in [0.3, 0.4) is 0 Å². The lowest BCUT2D eigenvalue weighted by atomic mass is 10.4. The third-order valence-corrected chi connectivity index (χ3v) is 1.96. The summed E-state index contributed by atoms with van der Waals surface area (Å²) in [6.07, 6.45) is 2.12. The Hall–Kier alpha value is -0.570. The number of nitrogens with zero attached hydrogens (tertiary/aromatic N) is 1. The second-order valence-electron chi connectivity index (χ2n) is 2.76. The summed E-state index contributed by atoms with van der Waals surface area (Å²) in [5.74, 6) is 0.126. The Morgan fingerprint density at radius 2 is 2.45 bits per heavy atom. The van der Waals surface area contributed by atoms with Gasteiger partial charge in [-0.25, -0.2) is 0 Å². The summed E-state index contributed by atoms with van der Waals surface area (Å²) in [6.45, 7) is 5.10. The highest BCUT2D eigenvalue weighted by atomic mass is 16.5. The Balaban J connectivity index is 2.44. The van der Waals surface area contributed by atoms with Crippen LogP contribution in [0.25, 0.3) is 0 Å². The van der Waals surface area contributed by atoms with E-state index < -0.39 is 0 Å². The standard InChI is InChI=1S/C8H15NO2/c1-3-11-8-5-4-6-9(8)7(2)10/h8H,3-6H2,1-2H3. The normalized spacial score (nSPS) is 24.2. The summed E-state index contributed by atoms with van der Waals surface area (Å²) in [5.41, 5.74) is 0. The van der Waals surface area contributed by atoms with Crippen LogP contribution in [0, 0.1) is 0 Å². The molecule has 1 atom stereocenters. The van der Waals surface area contributed by atoms with E-state index in [-0.39, 0.29) is 12.1 Å². The Bertz CT molecular complexity index is 147. The molecule has 1 fully saturated rings. The Labute approximate surface area is 67.3 Å². The smallest absolute Gasteiger partial charge is 0.221 e. The average Bonchev–Trinajstić information content (AvgIpc) is 2.36. The highest BCUT2D eigenvalue weighted by Gasteiger charge is 2.26. The summed E-state index contributed by atoms with van der Waals surface area (Å²) in [7, 11) is 0. The monoisotopic (exact) mass is 157 g/mol. The van der Waals surface area contributed by atoms with Crippen LogP contribution >= 0.6 is 0 Å². The number of amides is 1. The molecule has 3 nitrogen and oxygen atoms in total. The first-order chi connectivity index (χ1) is 5.25. The molecular weight excluding hydrogens is 142 g/mol. The van der Waals surface area contributed by atoms with Crippen LogP contribution < -0.4 is 0 Å². The SMILES string of the molecule is CCOC1CCCN1C(C)=O. The number of carbonyl (C=O) groups is 1. The molecule has 1 amide bonds. The zero-order chi connectivity index (χ0) is 8.27. The molecule has 0 aromatic carbocycles. The molecule has 0 aromatic heterocycles. The lowest BCUT2D eigenvalue weighted by Crippen LogP contribution is -2.35. The van der Waals surface area contributed by atoms with Gasteiger partial charge in [0.25, 0.3) is 0 Å². The lowest BCUT2D eigenvalue weighted by Gasteiger charge is -2.22. The molecule has 11 heavy (non-hydrogen) atoms. The van der Waals surface area contributed by atoms with Gasteiger partial charge in [0.15, 0.2) is 0 Å². The minimum atomic E-state index is 0.0532. The van der Waals surface area contributed by atoms with Gasteiger partial charge in [-0.05, 0) is 19.8 Å². The first-order valence-electron chi connectivity index (χ1n) is 4.14. The van der Waals surface area contributed by atoms with Crippen molar-refractivity contribution in [3.8, 4) is 0 Å². The predicted molar refractivity (Wildman–Crippen MR) is 42.0 cm³/mol. The van der Waals surface area contributed by atoms with E-state index in [9.17, 15) is 4.79 Å². The van der Waals surface area contributed by atoms with E-state index in [0.29, 0.717) is 6.61 Å². The van der Waals surface area contributed by atoms with E-state index in [2.05, 4.69) is 0 Å². The Morgan fingerprint density at radius 3 is 3.00 bits per heavy atom. The van der Waals surface area contributed by atoms with Gasteiger partial charge in [-0.15, -0.1) is 0 Å². The van der Waals surface area contributed by atoms with Gasteiger partial charge in [-0.3, -0.25) is 4.79 Å². The molecule has 0 N–H and O–H groups in total. The number of likely N-dealkylation sites (tertiary alicyclic amines) is 1. The summed E-state index contributed by atoms with van der Waals surface area (Å²) < 4.78 is 5.38. The average molecular weight is 157 g/mol. The lowest BCUT2D eigenvalue weighted by molar-refractivity contribution is -0.139. The molecule has 1 unspecified atom stereocenters. The van der Waals surface area contributed by atoms with Crippen molar-refractivity contribution in [3.63, 3.8) is 0 Å². The molecule has 1 rings (SSSR count). The first-order valence-corrected chi connectivity index (χ1v) is 4.14. The van der Waals surface area contributed by atoms with E-state index in [0.717, 1.165) is 19.4 Å². The maximum atomic E-state index is 11.0. The third kappa shape index (κ3) is 1.93. The van der Waals surface area contributed by atoms with Gasteiger partial charge >= 0.3 is 0 Å². The van der Waals surface area contributed by atoms with E-state index in [1.54, 1.807) is 11.8 Å². The van der Waals surface area contributed by atoms with Gasteiger partial charge in [0.2, 0.25) is 5.91 Å². The number of hydrogen-bond acceptors (Lipinski definition) is 2. The quantitative estimate of drug-likeness (QED) is 0.598. The fourth-order valence-corrected chi connectivity index (χ4v) is 1.46. The molecule has 1 heterocycles. The molecule has 0 aromatic rings. The maximum absolute atomic E-state index is 11.0. The summed E-state index contributed by atoms with van der Waals surface area (Å²) in [6, 6.07) is 0. The van der Waals surface area contributed by atoms with Gasteiger partial charge < -0.3 is 9.64 Å². The molecule has 0 bridgehead atoms. The van der Waals surface area contributed by atoms with Crippen LogP contribution in [0.15, 0.2) is 0 Å². The van der Waals surface area contributed by atoms with Crippen LogP contribution in [-0.4, -0.2) is 30.2 Å². The Morgan fingerprint density at radius 1 is 1.73 bits per heavy atom. The van der Waals surface area contributed by atoms with Gasteiger partial charge in [0, 0.05) is 20.1 Å². The van der Waals surface area contributed by atoms with E-state index in [4.69, 9.17) is 4.74 Å². The number of hydrogen-bond donors (Lipinski definition) is 0. The van der Waals surface area contributed by atoms with Crippen molar-refractivity contribution in [2.45, 2.75) is 32.9 Å². The minimum Gasteiger partial charge on any atom is -0.359 e. The Kier molecular flexibility index (Phi) is 2.88. The summed E-state index contributed by atoms with van der Waals surface area (Å²) in [4.78, 5) is 12.8. The minimum absolute atomic E-state index is 0.0532. The molecule has 0 spiro atoms. The number of carbonyl (C=O) groups excluding carboxylic acids is 1. The summed E-state index contributed by atoms with van der Waals surface area (Å²) in [5, 5.41) is 0. The highest BCUT2D eigenvalue weighted by molar-refractivity contribution is 5.73. The molecule has 0 aliphatic carbocycles. The van der Waals surface area contributed by atoms with Crippen LogP contribution in [0.1, 0.15) is 26.7 Å². The molecule has 0 saturated carbocycles. The predicted octanol–water partition coefficient (Wildman–Crippen LogP) is 0.991. The topological polar surface area (TPSA) is 29.5 Å². The van der Waals surface area contributed by atoms with Crippen molar-refractivity contribution in [1.29, 1.82) is 0 Å². The molecule has 1 aliphatic rings. The highest BCUT2D eigenvalue weighted by Crippen LogP contribution is 2.17. The van der Waals surface area contributed by atoms with Crippen LogP contribution in [0.2, 0.25) is 0 Å². The van der Waals surface area contributed by atoms with Gasteiger partial charge in [-0.2, -0.15) is 0 Å². The van der Waals surface area contributed by atoms with E-state index >= 15 is 0 Å². The first kappa shape index (κ1) is 8.53. The molecule has 1 aliphatic heterocycles.